The molecule has 3 heterocycles. The predicted molar refractivity (Wildman–Crippen MR) is 124 cm³/mol. The topological polar surface area (TPSA) is 67.2 Å². The van der Waals surface area contributed by atoms with Crippen LogP contribution in [-0.2, 0) is 4.79 Å². The highest BCUT2D eigenvalue weighted by atomic mass is 32.2. The Kier molecular flexibility index (Phi) is 6.43. The molecule has 1 saturated heterocycles. The van der Waals surface area contributed by atoms with Gasteiger partial charge in [0.15, 0.2) is 5.13 Å². The predicted octanol–water partition coefficient (Wildman–Crippen LogP) is 3.81. The van der Waals surface area contributed by atoms with Crippen molar-refractivity contribution < 1.29 is 9.59 Å². The lowest BCUT2D eigenvalue weighted by atomic mass is 9.97. The number of hydrogen-bond acceptors (Lipinski definition) is 5. The molecule has 0 unspecified atom stereocenters. The second kappa shape index (κ2) is 9.22. The van der Waals surface area contributed by atoms with Gasteiger partial charge in [-0.3, -0.25) is 9.59 Å². The van der Waals surface area contributed by atoms with Crippen LogP contribution >= 0.6 is 23.1 Å². The van der Waals surface area contributed by atoms with Gasteiger partial charge in [0.05, 0.1) is 10.2 Å². The summed E-state index contributed by atoms with van der Waals surface area (Å²) in [6.45, 7) is 5.58. The first-order chi connectivity index (χ1) is 14.6. The summed E-state index contributed by atoms with van der Waals surface area (Å²) in [7, 11) is 0. The van der Waals surface area contributed by atoms with Gasteiger partial charge in [-0.15, -0.1) is 0 Å². The Morgan fingerprint density at radius 2 is 1.93 bits per heavy atom. The van der Waals surface area contributed by atoms with Crippen molar-refractivity contribution in [3.63, 3.8) is 0 Å². The number of aromatic nitrogens is 2. The van der Waals surface area contributed by atoms with Crippen molar-refractivity contribution in [2.75, 3.05) is 24.6 Å². The molecule has 1 aromatic carbocycles. The minimum Gasteiger partial charge on any atom is -0.340 e. The zero-order valence-electron chi connectivity index (χ0n) is 17.2. The van der Waals surface area contributed by atoms with Crippen molar-refractivity contribution in [2.45, 2.75) is 26.3 Å². The first kappa shape index (κ1) is 20.9. The number of nitrogens with zero attached hydrogens (tertiary/aromatic N) is 3. The van der Waals surface area contributed by atoms with Gasteiger partial charge in [-0.25, -0.2) is 4.98 Å². The van der Waals surface area contributed by atoms with Crippen LogP contribution in [0.25, 0.3) is 15.3 Å². The van der Waals surface area contributed by atoms with Crippen LogP contribution in [0.5, 0.6) is 0 Å². The fourth-order valence-corrected chi connectivity index (χ4v) is 5.39. The lowest BCUT2D eigenvalue weighted by molar-refractivity contribution is -0.134. The van der Waals surface area contributed by atoms with E-state index in [1.54, 1.807) is 6.07 Å². The minimum atomic E-state index is -0.502. The van der Waals surface area contributed by atoms with Gasteiger partial charge in [0.2, 0.25) is 5.91 Å². The van der Waals surface area contributed by atoms with Crippen molar-refractivity contribution in [3.8, 4) is 5.13 Å². The number of nitrogens with one attached hydrogen (secondary N) is 1. The van der Waals surface area contributed by atoms with E-state index in [1.165, 1.54) is 11.3 Å². The fraction of sp³-hybridized carbons (Fsp3) is 0.409. The van der Waals surface area contributed by atoms with E-state index in [1.807, 2.05) is 64.8 Å². The molecule has 2 atom stereocenters. The SMILES string of the molecule is CC[C@H](C)[C@H](NC(=O)c1ccc2nc(-n3cccc3)sc2c1)C(=O)N1CCSCC1. The summed E-state index contributed by atoms with van der Waals surface area (Å²) in [5.41, 5.74) is 1.42. The molecule has 1 N–H and O–H groups in total. The van der Waals surface area contributed by atoms with Crippen molar-refractivity contribution in [2.24, 2.45) is 5.92 Å². The number of fused-ring (bicyclic) bond motifs is 1. The fourth-order valence-electron chi connectivity index (χ4n) is 3.51. The largest absolute Gasteiger partial charge is 0.340 e. The molecule has 6 nitrogen and oxygen atoms in total. The monoisotopic (exact) mass is 442 g/mol. The van der Waals surface area contributed by atoms with Crippen LogP contribution in [0.1, 0.15) is 30.6 Å². The Morgan fingerprint density at radius 1 is 1.20 bits per heavy atom. The third kappa shape index (κ3) is 4.39. The van der Waals surface area contributed by atoms with Crippen LogP contribution in [0, 0.1) is 5.92 Å². The Bertz CT molecular complexity index is 1030. The summed E-state index contributed by atoms with van der Waals surface area (Å²) in [6.07, 6.45) is 4.73. The molecule has 0 aliphatic carbocycles. The maximum absolute atomic E-state index is 13.1. The van der Waals surface area contributed by atoms with Gasteiger partial charge in [0.25, 0.3) is 5.91 Å². The van der Waals surface area contributed by atoms with E-state index in [2.05, 4.69) is 17.2 Å². The Hall–Kier alpha value is -2.32. The summed E-state index contributed by atoms with van der Waals surface area (Å²) in [5.74, 6) is 1.81. The molecular formula is C22H26N4O2S2. The van der Waals surface area contributed by atoms with Crippen molar-refractivity contribution >= 4 is 45.1 Å². The summed E-state index contributed by atoms with van der Waals surface area (Å²) < 4.78 is 2.91. The van der Waals surface area contributed by atoms with Gasteiger partial charge in [-0.1, -0.05) is 31.6 Å². The lowest BCUT2D eigenvalue weighted by Gasteiger charge is -2.32. The van der Waals surface area contributed by atoms with Gasteiger partial charge >= 0.3 is 0 Å². The lowest BCUT2D eigenvalue weighted by Crippen LogP contribution is -2.53. The minimum absolute atomic E-state index is 0.0340. The Balaban J connectivity index is 1.54. The molecule has 0 saturated carbocycles. The van der Waals surface area contributed by atoms with Crippen molar-refractivity contribution in [3.05, 3.63) is 48.3 Å². The van der Waals surface area contributed by atoms with Gasteiger partial charge in [0.1, 0.15) is 6.04 Å². The standard InChI is InChI=1S/C22H26N4O2S2/c1-3-15(2)19(21(28)25-10-12-29-13-11-25)24-20(27)16-6-7-17-18(14-16)30-22(23-17)26-8-4-5-9-26/h4-9,14-15,19H,3,10-13H2,1-2H3,(H,24,27)/t15-,19-/m0/s1. The molecule has 1 aliphatic heterocycles. The zero-order valence-corrected chi connectivity index (χ0v) is 18.8. The second-order valence-corrected chi connectivity index (χ2v) is 9.78. The third-order valence-corrected chi connectivity index (χ3v) is 7.53. The average Bonchev–Trinajstić information content (AvgIpc) is 3.46. The second-order valence-electron chi connectivity index (χ2n) is 7.54. The van der Waals surface area contributed by atoms with Gasteiger partial charge < -0.3 is 14.8 Å². The molecule has 30 heavy (non-hydrogen) atoms. The summed E-state index contributed by atoms with van der Waals surface area (Å²) >= 11 is 3.41. The van der Waals surface area contributed by atoms with Gasteiger partial charge in [-0.05, 0) is 36.2 Å². The molecule has 158 valence electrons. The summed E-state index contributed by atoms with van der Waals surface area (Å²) in [4.78, 5) is 32.7. The van der Waals surface area contributed by atoms with E-state index >= 15 is 0 Å². The first-order valence-corrected chi connectivity index (χ1v) is 12.2. The van der Waals surface area contributed by atoms with Crippen molar-refractivity contribution in [1.29, 1.82) is 0 Å². The molecule has 3 aromatic rings. The van der Waals surface area contributed by atoms with Crippen LogP contribution in [-0.4, -0.2) is 56.9 Å². The highest BCUT2D eigenvalue weighted by Gasteiger charge is 2.31. The Morgan fingerprint density at radius 3 is 2.63 bits per heavy atom. The van der Waals surface area contributed by atoms with Crippen LogP contribution in [0.2, 0.25) is 0 Å². The molecule has 0 radical (unpaired) electrons. The molecule has 0 spiro atoms. The van der Waals surface area contributed by atoms with E-state index < -0.39 is 6.04 Å². The molecule has 4 rings (SSSR count). The van der Waals surface area contributed by atoms with Crippen LogP contribution in [0.15, 0.2) is 42.7 Å². The maximum atomic E-state index is 13.1. The van der Waals surface area contributed by atoms with E-state index in [-0.39, 0.29) is 17.7 Å². The summed E-state index contributed by atoms with van der Waals surface area (Å²) in [5, 5.41) is 3.89. The molecule has 1 aliphatic rings. The molecule has 2 amide bonds. The number of hydrogen-bond donors (Lipinski definition) is 1. The van der Waals surface area contributed by atoms with Gasteiger partial charge in [0, 0.05) is 42.6 Å². The maximum Gasteiger partial charge on any atom is 0.251 e. The van der Waals surface area contributed by atoms with Crippen LogP contribution < -0.4 is 5.32 Å². The highest BCUT2D eigenvalue weighted by molar-refractivity contribution is 7.99. The average molecular weight is 443 g/mol. The number of carbonyl (C=O) groups is 2. The van der Waals surface area contributed by atoms with Crippen LogP contribution in [0.4, 0.5) is 0 Å². The summed E-state index contributed by atoms with van der Waals surface area (Å²) in [6, 6.07) is 8.93. The van der Waals surface area contributed by atoms with Gasteiger partial charge in [-0.2, -0.15) is 11.8 Å². The number of amides is 2. The van der Waals surface area contributed by atoms with E-state index in [4.69, 9.17) is 0 Å². The molecule has 1 fully saturated rings. The van der Waals surface area contributed by atoms with E-state index in [0.717, 1.165) is 46.4 Å². The number of thiazole rings is 1. The number of carbonyl (C=O) groups excluding carboxylic acids is 2. The molecule has 2 aromatic heterocycles. The van der Waals surface area contributed by atoms with Crippen LogP contribution in [0.3, 0.4) is 0 Å². The number of benzene rings is 1. The number of thioether (sulfide) groups is 1. The van der Waals surface area contributed by atoms with E-state index in [9.17, 15) is 9.59 Å². The highest BCUT2D eigenvalue weighted by Crippen LogP contribution is 2.26. The number of rotatable bonds is 6. The smallest absolute Gasteiger partial charge is 0.251 e. The van der Waals surface area contributed by atoms with Crippen molar-refractivity contribution in [1.82, 2.24) is 19.8 Å². The molecule has 0 bridgehead atoms. The van der Waals surface area contributed by atoms with E-state index in [0.29, 0.717) is 5.56 Å². The third-order valence-electron chi connectivity index (χ3n) is 5.55. The molecular weight excluding hydrogens is 416 g/mol. The Labute approximate surface area is 184 Å². The zero-order chi connectivity index (χ0) is 21.1. The first-order valence-electron chi connectivity index (χ1n) is 10.3. The normalized spacial score (nSPS) is 16.4. The quantitative estimate of drug-likeness (QED) is 0.630. The molecule has 8 heteroatoms.